The summed E-state index contributed by atoms with van der Waals surface area (Å²) in [7, 11) is 0. The molecule has 0 N–H and O–H groups in total. The number of anilines is 1. The number of esters is 1. The summed E-state index contributed by atoms with van der Waals surface area (Å²) >= 11 is 15.2. The Morgan fingerprint density at radius 2 is 1.70 bits per heavy atom. The largest absolute Gasteiger partial charge is 0.454 e. The summed E-state index contributed by atoms with van der Waals surface area (Å²) in [5.74, 6) is -1.55. The van der Waals surface area contributed by atoms with E-state index in [1.165, 1.54) is 16.2 Å². The van der Waals surface area contributed by atoms with Crippen LogP contribution in [0.1, 0.15) is 32.0 Å². The highest BCUT2D eigenvalue weighted by Gasteiger charge is 2.66. The van der Waals surface area contributed by atoms with Crippen molar-refractivity contribution in [1.29, 1.82) is 0 Å². The predicted molar refractivity (Wildman–Crippen MR) is 172 cm³/mol. The van der Waals surface area contributed by atoms with Crippen molar-refractivity contribution >= 4 is 95.0 Å². The summed E-state index contributed by atoms with van der Waals surface area (Å²) in [4.78, 5) is 59.7. The fourth-order valence-electron chi connectivity index (χ4n) is 6.82. The van der Waals surface area contributed by atoms with Crippen molar-refractivity contribution < 1.29 is 23.9 Å². The number of ketones is 1. The van der Waals surface area contributed by atoms with Gasteiger partial charge in [-0.2, -0.15) is 0 Å². The molecule has 1 saturated heterocycles. The van der Waals surface area contributed by atoms with Crippen LogP contribution in [0.15, 0.2) is 60.0 Å². The van der Waals surface area contributed by atoms with E-state index in [1.807, 2.05) is 6.92 Å². The summed E-state index contributed by atoms with van der Waals surface area (Å²) in [5, 5.41) is 2.85. The number of benzene rings is 2. The fourth-order valence-corrected chi connectivity index (χ4v) is 9.50. The number of imide groups is 1. The number of pyridine rings is 1. The molecule has 43 heavy (non-hydrogen) atoms. The zero-order valence-electron chi connectivity index (χ0n) is 22.6. The number of halogens is 3. The minimum atomic E-state index is -0.651. The first kappa shape index (κ1) is 28.8. The maximum Gasteiger partial charge on any atom is 0.339 e. The van der Waals surface area contributed by atoms with Gasteiger partial charge < -0.3 is 4.74 Å². The number of fused-ring (bicyclic) bond motifs is 6. The minimum Gasteiger partial charge on any atom is -0.454 e. The van der Waals surface area contributed by atoms with E-state index >= 15 is 0 Å². The van der Waals surface area contributed by atoms with Crippen LogP contribution in [0.5, 0.6) is 0 Å². The molecular weight excluding hydrogens is 720 g/mol. The monoisotopic (exact) mass is 740 g/mol. The molecule has 2 aromatic heterocycles. The molecule has 3 heterocycles. The minimum absolute atomic E-state index is 0.135. The van der Waals surface area contributed by atoms with Gasteiger partial charge >= 0.3 is 5.97 Å². The van der Waals surface area contributed by atoms with Crippen molar-refractivity contribution in [2.45, 2.75) is 23.0 Å². The van der Waals surface area contributed by atoms with Gasteiger partial charge in [0.1, 0.15) is 0 Å². The van der Waals surface area contributed by atoms with E-state index in [1.54, 1.807) is 60.0 Å². The third kappa shape index (κ3) is 4.60. The van der Waals surface area contributed by atoms with Crippen LogP contribution in [0.25, 0.3) is 22.2 Å². The van der Waals surface area contributed by atoms with Crippen LogP contribution in [0.4, 0.5) is 5.69 Å². The van der Waals surface area contributed by atoms with Crippen molar-refractivity contribution in [2.75, 3.05) is 11.5 Å². The lowest BCUT2D eigenvalue weighted by Crippen LogP contribution is -2.37. The average molecular weight is 743 g/mol. The molecule has 4 aromatic rings. The number of ether oxygens (including phenoxy) is 1. The Kier molecular flexibility index (Phi) is 7.31. The molecule has 2 bridgehead atoms. The Labute approximate surface area is 272 Å². The Balaban J connectivity index is 1.20. The van der Waals surface area contributed by atoms with Crippen LogP contribution < -0.4 is 4.90 Å². The maximum absolute atomic E-state index is 13.5. The maximum atomic E-state index is 13.5. The Morgan fingerprint density at radius 3 is 2.33 bits per heavy atom. The second-order valence-electron chi connectivity index (χ2n) is 11.2. The summed E-state index contributed by atoms with van der Waals surface area (Å²) < 4.78 is 5.44. The molecule has 0 radical (unpaired) electrons. The van der Waals surface area contributed by atoms with Crippen LogP contribution in [0, 0.1) is 30.6 Å². The lowest BCUT2D eigenvalue weighted by atomic mass is 9.81. The van der Waals surface area contributed by atoms with Crippen molar-refractivity contribution in [3.63, 3.8) is 0 Å². The van der Waals surface area contributed by atoms with Gasteiger partial charge in [-0.3, -0.25) is 19.3 Å². The highest BCUT2D eigenvalue weighted by atomic mass is 79.9. The normalized spacial score (nSPS) is 25.9. The van der Waals surface area contributed by atoms with Gasteiger partial charge in [0.2, 0.25) is 17.6 Å². The van der Waals surface area contributed by atoms with E-state index in [9.17, 15) is 19.2 Å². The Hall–Kier alpha value is -2.92. The lowest BCUT2D eigenvalue weighted by molar-refractivity contribution is -0.123. The van der Waals surface area contributed by atoms with Crippen LogP contribution >= 0.6 is 54.8 Å². The van der Waals surface area contributed by atoms with Gasteiger partial charge in [0, 0.05) is 25.6 Å². The third-order valence-corrected chi connectivity index (χ3v) is 13.5. The van der Waals surface area contributed by atoms with Crippen LogP contribution in [-0.4, -0.2) is 44.8 Å². The van der Waals surface area contributed by atoms with Gasteiger partial charge in [-0.05, 0) is 66.5 Å². The molecular formula is C32H23Br2ClN2O5S. The molecule has 7 rings (SSSR count). The van der Waals surface area contributed by atoms with Gasteiger partial charge in [-0.25, -0.2) is 9.78 Å². The number of aromatic nitrogens is 1. The van der Waals surface area contributed by atoms with Crippen LogP contribution in [0.3, 0.4) is 0 Å². The third-order valence-electron chi connectivity index (χ3n) is 8.93. The number of amides is 2. The zero-order valence-corrected chi connectivity index (χ0v) is 27.4. The lowest BCUT2D eigenvalue weighted by Gasteiger charge is -2.28. The second kappa shape index (κ2) is 10.9. The first-order valence-electron chi connectivity index (χ1n) is 13.8. The SMILES string of the molecule is Cc1c(Cl)ccc2c(C(=O)OCC(=O)c3cccs3)cc(-c3ccc(N4C(=O)C5C6CC(C(Br)C6Br)C5C4=O)cc3)nc12. The Morgan fingerprint density at radius 1 is 1.02 bits per heavy atom. The number of thiophene rings is 1. The molecule has 7 nitrogen and oxygen atoms in total. The first-order chi connectivity index (χ1) is 20.7. The molecule has 218 valence electrons. The smallest absolute Gasteiger partial charge is 0.339 e. The number of carbonyl (C=O) groups excluding carboxylic acids is 4. The van der Waals surface area contributed by atoms with Crippen molar-refractivity contribution in [3.8, 4) is 11.3 Å². The molecule has 0 spiro atoms. The number of Topliss-reactive ketones (excluding diaryl/α,β-unsaturated/α-hetero) is 1. The van der Waals surface area contributed by atoms with Gasteiger partial charge in [0.05, 0.1) is 39.2 Å². The molecule has 3 aliphatic rings. The summed E-state index contributed by atoms with van der Waals surface area (Å²) in [6, 6.07) is 15.5. The fraction of sp³-hybridized carbons (Fsp3) is 0.281. The Bertz CT molecular complexity index is 1800. The van der Waals surface area contributed by atoms with Crippen LogP contribution in [0.2, 0.25) is 5.02 Å². The van der Waals surface area contributed by atoms with Gasteiger partial charge in [-0.1, -0.05) is 67.7 Å². The van der Waals surface area contributed by atoms with E-state index in [2.05, 4.69) is 31.9 Å². The first-order valence-corrected chi connectivity index (χ1v) is 16.8. The molecule has 3 fully saturated rings. The number of rotatable bonds is 6. The van der Waals surface area contributed by atoms with Crippen molar-refractivity contribution in [3.05, 3.63) is 81.0 Å². The van der Waals surface area contributed by atoms with Crippen LogP contribution in [-0.2, 0) is 14.3 Å². The molecule has 2 amide bonds. The zero-order chi connectivity index (χ0) is 30.2. The second-order valence-corrected chi connectivity index (χ2v) is 14.6. The number of nitrogens with zero attached hydrogens (tertiary/aromatic N) is 2. The molecule has 6 atom stereocenters. The topological polar surface area (TPSA) is 93.6 Å². The quantitative estimate of drug-likeness (QED) is 0.0895. The standard InChI is InChI=1S/C32H23Br2ClN2O5S/c1-14-21(35)9-8-17-18(32(41)42-13-23(38)24-3-2-10-43-24)12-22(36-29(14)17)15-4-6-16(7-5-15)37-30(39)25-19-11-20(26(25)31(37)40)28(34)27(19)33/h2-10,12,19-20,25-28H,11,13H2,1H3. The molecule has 11 heteroatoms. The molecule has 6 unspecified atom stereocenters. The summed E-state index contributed by atoms with van der Waals surface area (Å²) in [5.41, 5.74) is 3.16. The van der Waals surface area contributed by atoms with Crippen molar-refractivity contribution in [1.82, 2.24) is 4.98 Å². The number of aryl methyl sites for hydroxylation is 1. The average Bonchev–Trinajstić information content (AvgIpc) is 3.79. The molecule has 2 saturated carbocycles. The van der Waals surface area contributed by atoms with Crippen molar-refractivity contribution in [2.24, 2.45) is 23.7 Å². The van der Waals surface area contributed by atoms with E-state index in [-0.39, 0.29) is 63.1 Å². The van der Waals surface area contributed by atoms with Gasteiger partial charge in [0.15, 0.2) is 6.61 Å². The van der Waals surface area contributed by atoms with E-state index in [0.29, 0.717) is 43.3 Å². The highest BCUT2D eigenvalue weighted by Crippen LogP contribution is 2.60. The number of hydrogen-bond acceptors (Lipinski definition) is 7. The summed E-state index contributed by atoms with van der Waals surface area (Å²) in [6.07, 6.45) is 0.870. The van der Waals surface area contributed by atoms with Gasteiger partial charge in [0.25, 0.3) is 0 Å². The molecule has 1 aliphatic heterocycles. The highest BCUT2D eigenvalue weighted by molar-refractivity contribution is 9.12. The van der Waals surface area contributed by atoms with Gasteiger partial charge in [-0.15, -0.1) is 11.3 Å². The predicted octanol–water partition coefficient (Wildman–Crippen LogP) is 7.25. The number of hydrogen-bond donors (Lipinski definition) is 0. The van der Waals surface area contributed by atoms with E-state index in [0.717, 1.165) is 6.42 Å². The molecule has 2 aliphatic carbocycles. The summed E-state index contributed by atoms with van der Waals surface area (Å²) in [6.45, 7) is 1.44. The molecule has 2 aromatic carbocycles. The van der Waals surface area contributed by atoms with E-state index in [4.69, 9.17) is 21.3 Å². The van der Waals surface area contributed by atoms with E-state index < -0.39 is 5.97 Å². The number of carbonyl (C=O) groups is 4. The number of alkyl halides is 2.